The standard InChI is InChI=1S/C15H19NO2/c1-4-16-14(8-5-10(2)15(16)18)13-7-6-12(17)9-11(13)3/h6-10,17H,4-5H2,1-3H3. The summed E-state index contributed by atoms with van der Waals surface area (Å²) in [5.41, 5.74) is 2.98. The van der Waals surface area contributed by atoms with Gasteiger partial charge in [-0.2, -0.15) is 0 Å². The Morgan fingerprint density at radius 2 is 2.17 bits per heavy atom. The number of nitrogens with zero attached hydrogens (tertiary/aromatic N) is 1. The van der Waals surface area contributed by atoms with E-state index in [9.17, 15) is 9.90 Å². The van der Waals surface area contributed by atoms with Crippen LogP contribution in [0.4, 0.5) is 0 Å². The molecule has 0 spiro atoms. The molecule has 1 aliphatic rings. The highest BCUT2D eigenvalue weighted by atomic mass is 16.3. The van der Waals surface area contributed by atoms with E-state index in [-0.39, 0.29) is 17.6 Å². The Bertz CT molecular complexity index is 505. The minimum absolute atomic E-state index is 0.0612. The van der Waals surface area contributed by atoms with Crippen molar-refractivity contribution in [2.45, 2.75) is 27.2 Å². The number of allylic oxidation sites excluding steroid dienone is 1. The molecule has 96 valence electrons. The molecule has 1 aliphatic heterocycles. The van der Waals surface area contributed by atoms with Gasteiger partial charge in [0.25, 0.3) is 0 Å². The van der Waals surface area contributed by atoms with Crippen molar-refractivity contribution in [1.29, 1.82) is 0 Å². The summed E-state index contributed by atoms with van der Waals surface area (Å²) in [5, 5.41) is 9.45. The third-order valence-corrected chi connectivity index (χ3v) is 3.45. The van der Waals surface area contributed by atoms with Crippen LogP contribution in [0.15, 0.2) is 24.3 Å². The van der Waals surface area contributed by atoms with E-state index >= 15 is 0 Å². The first-order chi connectivity index (χ1) is 8.54. The summed E-state index contributed by atoms with van der Waals surface area (Å²) in [6, 6.07) is 5.27. The normalized spacial score (nSPS) is 19.9. The van der Waals surface area contributed by atoms with Crippen LogP contribution >= 0.6 is 0 Å². The Morgan fingerprint density at radius 1 is 1.44 bits per heavy atom. The van der Waals surface area contributed by atoms with Crippen molar-refractivity contribution in [2.75, 3.05) is 6.54 Å². The Balaban J connectivity index is 2.45. The molecular formula is C15H19NO2. The smallest absolute Gasteiger partial charge is 0.230 e. The molecule has 3 nitrogen and oxygen atoms in total. The maximum atomic E-state index is 12.2. The van der Waals surface area contributed by atoms with Gasteiger partial charge in [0.2, 0.25) is 5.91 Å². The molecule has 1 aromatic carbocycles. The van der Waals surface area contributed by atoms with Gasteiger partial charge in [-0.3, -0.25) is 4.79 Å². The second-order valence-electron chi connectivity index (χ2n) is 4.81. The maximum Gasteiger partial charge on any atom is 0.230 e. The summed E-state index contributed by atoms with van der Waals surface area (Å²) in [4.78, 5) is 14.0. The lowest BCUT2D eigenvalue weighted by molar-refractivity contribution is -0.131. The SMILES string of the molecule is CCN1C(=O)C(C)CC=C1c1ccc(O)cc1C. The maximum absolute atomic E-state index is 12.2. The predicted molar refractivity (Wildman–Crippen MR) is 72.0 cm³/mol. The average Bonchev–Trinajstić information content (AvgIpc) is 2.33. The second-order valence-corrected chi connectivity index (χ2v) is 4.81. The van der Waals surface area contributed by atoms with Gasteiger partial charge in [-0.1, -0.05) is 13.0 Å². The lowest BCUT2D eigenvalue weighted by atomic mass is 9.95. The Kier molecular flexibility index (Phi) is 3.41. The van der Waals surface area contributed by atoms with Gasteiger partial charge in [0.05, 0.1) is 0 Å². The van der Waals surface area contributed by atoms with E-state index in [1.807, 2.05) is 31.7 Å². The van der Waals surface area contributed by atoms with Crippen molar-refractivity contribution in [3.8, 4) is 5.75 Å². The number of benzene rings is 1. The molecule has 2 rings (SSSR count). The van der Waals surface area contributed by atoms with Crippen LogP contribution < -0.4 is 0 Å². The van der Waals surface area contributed by atoms with Crippen LogP contribution in [0.3, 0.4) is 0 Å². The molecule has 0 aliphatic carbocycles. The molecule has 0 radical (unpaired) electrons. The fourth-order valence-electron chi connectivity index (χ4n) is 2.40. The van der Waals surface area contributed by atoms with Gasteiger partial charge in [-0.25, -0.2) is 0 Å². The number of carbonyl (C=O) groups is 1. The molecule has 1 amide bonds. The third kappa shape index (κ3) is 2.13. The fraction of sp³-hybridized carbons (Fsp3) is 0.400. The van der Waals surface area contributed by atoms with Gasteiger partial charge in [-0.05, 0) is 44.0 Å². The molecule has 1 heterocycles. The van der Waals surface area contributed by atoms with Crippen LogP contribution in [0, 0.1) is 12.8 Å². The first kappa shape index (κ1) is 12.7. The van der Waals surface area contributed by atoms with Crippen molar-refractivity contribution >= 4 is 11.6 Å². The van der Waals surface area contributed by atoms with Crippen LogP contribution in [0.25, 0.3) is 5.70 Å². The molecule has 1 unspecified atom stereocenters. The van der Waals surface area contributed by atoms with Gasteiger partial charge in [0.1, 0.15) is 5.75 Å². The number of phenols is 1. The molecule has 1 aromatic rings. The molecule has 0 saturated carbocycles. The Morgan fingerprint density at radius 3 is 2.78 bits per heavy atom. The number of aromatic hydroxyl groups is 1. The summed E-state index contributed by atoms with van der Waals surface area (Å²) in [5.74, 6) is 0.504. The van der Waals surface area contributed by atoms with E-state index in [0.717, 1.165) is 23.2 Å². The Hall–Kier alpha value is -1.77. The van der Waals surface area contributed by atoms with Crippen molar-refractivity contribution in [1.82, 2.24) is 4.90 Å². The minimum atomic E-state index is 0.0612. The molecule has 0 fully saturated rings. The number of carbonyl (C=O) groups excluding carboxylic acids is 1. The van der Waals surface area contributed by atoms with Gasteiger partial charge >= 0.3 is 0 Å². The van der Waals surface area contributed by atoms with Crippen molar-refractivity contribution in [3.63, 3.8) is 0 Å². The first-order valence-electron chi connectivity index (χ1n) is 6.36. The van der Waals surface area contributed by atoms with Crippen LogP contribution in [0.2, 0.25) is 0 Å². The van der Waals surface area contributed by atoms with Crippen molar-refractivity contribution < 1.29 is 9.90 Å². The van der Waals surface area contributed by atoms with Crippen LogP contribution in [0.5, 0.6) is 5.75 Å². The lowest BCUT2D eigenvalue weighted by Gasteiger charge is -2.31. The zero-order chi connectivity index (χ0) is 13.3. The highest BCUT2D eigenvalue weighted by Crippen LogP contribution is 2.31. The van der Waals surface area contributed by atoms with E-state index in [1.54, 1.807) is 12.1 Å². The van der Waals surface area contributed by atoms with E-state index < -0.39 is 0 Å². The number of phenolic OH excluding ortho intramolecular Hbond substituents is 1. The van der Waals surface area contributed by atoms with Gasteiger partial charge in [0, 0.05) is 23.7 Å². The molecular weight excluding hydrogens is 226 g/mol. The van der Waals surface area contributed by atoms with E-state index in [2.05, 4.69) is 6.08 Å². The van der Waals surface area contributed by atoms with E-state index in [4.69, 9.17) is 0 Å². The molecule has 1 atom stereocenters. The number of rotatable bonds is 2. The predicted octanol–water partition coefficient (Wildman–Crippen LogP) is 2.93. The zero-order valence-corrected chi connectivity index (χ0v) is 11.1. The molecule has 0 aromatic heterocycles. The average molecular weight is 245 g/mol. The van der Waals surface area contributed by atoms with Crippen molar-refractivity contribution in [3.05, 3.63) is 35.4 Å². The highest BCUT2D eigenvalue weighted by molar-refractivity contribution is 5.91. The highest BCUT2D eigenvalue weighted by Gasteiger charge is 2.27. The topological polar surface area (TPSA) is 40.5 Å². The third-order valence-electron chi connectivity index (χ3n) is 3.45. The van der Waals surface area contributed by atoms with E-state index in [1.165, 1.54) is 0 Å². The Labute approximate surface area is 108 Å². The van der Waals surface area contributed by atoms with Gasteiger partial charge < -0.3 is 10.0 Å². The number of hydrogen-bond acceptors (Lipinski definition) is 2. The number of aryl methyl sites for hydroxylation is 1. The van der Waals surface area contributed by atoms with Crippen LogP contribution in [0.1, 0.15) is 31.4 Å². The van der Waals surface area contributed by atoms with Gasteiger partial charge in [0.15, 0.2) is 0 Å². The largest absolute Gasteiger partial charge is 0.508 e. The zero-order valence-electron chi connectivity index (χ0n) is 11.1. The van der Waals surface area contributed by atoms with E-state index in [0.29, 0.717) is 6.54 Å². The van der Waals surface area contributed by atoms with Gasteiger partial charge in [-0.15, -0.1) is 0 Å². The quantitative estimate of drug-likeness (QED) is 0.870. The fourth-order valence-corrected chi connectivity index (χ4v) is 2.40. The molecule has 1 N–H and O–H groups in total. The van der Waals surface area contributed by atoms with Crippen molar-refractivity contribution in [2.24, 2.45) is 5.92 Å². The summed E-state index contributed by atoms with van der Waals surface area (Å²) in [7, 11) is 0. The first-order valence-corrected chi connectivity index (χ1v) is 6.36. The molecule has 0 bridgehead atoms. The summed E-state index contributed by atoms with van der Waals surface area (Å²) < 4.78 is 0. The summed E-state index contributed by atoms with van der Waals surface area (Å²) in [6.45, 7) is 6.57. The molecule has 18 heavy (non-hydrogen) atoms. The van der Waals surface area contributed by atoms with Crippen LogP contribution in [-0.4, -0.2) is 22.5 Å². The minimum Gasteiger partial charge on any atom is -0.508 e. The monoisotopic (exact) mass is 245 g/mol. The molecule has 0 saturated heterocycles. The van der Waals surface area contributed by atoms with Crippen LogP contribution in [-0.2, 0) is 4.79 Å². The second kappa shape index (κ2) is 4.84. The summed E-state index contributed by atoms with van der Waals surface area (Å²) >= 11 is 0. The number of hydrogen-bond donors (Lipinski definition) is 1. The lowest BCUT2D eigenvalue weighted by Crippen LogP contribution is -2.36. The number of amides is 1. The molecule has 3 heteroatoms. The summed E-state index contributed by atoms with van der Waals surface area (Å²) in [6.07, 6.45) is 2.90.